The topological polar surface area (TPSA) is 29.5 Å². The third-order valence-corrected chi connectivity index (χ3v) is 4.02. The smallest absolute Gasteiger partial charge is 0.327 e. The van der Waals surface area contributed by atoms with E-state index in [1.807, 2.05) is 18.2 Å². The van der Waals surface area contributed by atoms with Crippen molar-refractivity contribution in [2.45, 2.75) is 18.9 Å². The molecule has 1 saturated heterocycles. The molecule has 0 aromatic heterocycles. The second-order valence-corrected chi connectivity index (χ2v) is 5.28. The molecule has 3 heteroatoms. The highest BCUT2D eigenvalue weighted by Gasteiger charge is 2.30. The van der Waals surface area contributed by atoms with Crippen molar-refractivity contribution in [2.75, 3.05) is 20.2 Å². The number of methoxy groups -OCH3 is 1. The second-order valence-electron chi connectivity index (χ2n) is 5.28. The molecule has 2 aromatic carbocycles. The van der Waals surface area contributed by atoms with Crippen LogP contribution in [-0.2, 0) is 9.53 Å². The molecule has 0 bridgehead atoms. The number of fused-ring (bicyclic) bond motifs is 1. The van der Waals surface area contributed by atoms with Gasteiger partial charge in [-0.3, -0.25) is 4.90 Å². The van der Waals surface area contributed by atoms with Crippen LogP contribution in [0.15, 0.2) is 42.5 Å². The van der Waals surface area contributed by atoms with E-state index in [1.165, 1.54) is 12.5 Å². The maximum atomic E-state index is 12.2. The molecular formula is C17H19NO2. The van der Waals surface area contributed by atoms with E-state index in [4.69, 9.17) is 4.74 Å². The first-order valence-electron chi connectivity index (χ1n) is 7.10. The highest BCUT2D eigenvalue weighted by atomic mass is 16.5. The molecule has 1 atom stereocenters. The molecule has 0 saturated carbocycles. The normalized spacial score (nSPS) is 17.2. The van der Waals surface area contributed by atoms with Gasteiger partial charge >= 0.3 is 5.97 Å². The Morgan fingerprint density at radius 2 is 1.80 bits per heavy atom. The van der Waals surface area contributed by atoms with E-state index in [2.05, 4.69) is 29.2 Å². The minimum Gasteiger partial charge on any atom is -0.468 e. The van der Waals surface area contributed by atoms with Gasteiger partial charge in [0.15, 0.2) is 0 Å². The lowest BCUT2D eigenvalue weighted by Crippen LogP contribution is -2.32. The van der Waals surface area contributed by atoms with Crippen molar-refractivity contribution < 1.29 is 9.53 Å². The minimum atomic E-state index is -0.271. The van der Waals surface area contributed by atoms with Gasteiger partial charge in [0.1, 0.15) is 6.04 Å². The first-order chi connectivity index (χ1) is 9.79. The van der Waals surface area contributed by atoms with Crippen LogP contribution in [0.5, 0.6) is 0 Å². The summed E-state index contributed by atoms with van der Waals surface area (Å²) in [5, 5.41) is 2.36. The van der Waals surface area contributed by atoms with Crippen molar-refractivity contribution >= 4 is 16.7 Å². The van der Waals surface area contributed by atoms with Gasteiger partial charge in [0.05, 0.1) is 7.11 Å². The average Bonchev–Trinajstić information content (AvgIpc) is 3.01. The number of benzene rings is 2. The predicted molar refractivity (Wildman–Crippen MR) is 79.5 cm³/mol. The van der Waals surface area contributed by atoms with E-state index < -0.39 is 0 Å². The van der Waals surface area contributed by atoms with E-state index in [9.17, 15) is 4.79 Å². The molecule has 1 fully saturated rings. The molecule has 1 aliphatic rings. The first kappa shape index (κ1) is 13.1. The Morgan fingerprint density at radius 1 is 1.10 bits per heavy atom. The molecule has 104 valence electrons. The zero-order valence-electron chi connectivity index (χ0n) is 11.7. The largest absolute Gasteiger partial charge is 0.468 e. The summed E-state index contributed by atoms with van der Waals surface area (Å²) in [4.78, 5) is 14.4. The summed E-state index contributed by atoms with van der Waals surface area (Å²) in [6.07, 6.45) is 2.31. The first-order valence-corrected chi connectivity index (χ1v) is 7.10. The van der Waals surface area contributed by atoms with Crippen molar-refractivity contribution in [3.8, 4) is 0 Å². The van der Waals surface area contributed by atoms with Crippen LogP contribution in [-0.4, -0.2) is 31.1 Å². The number of carbonyl (C=O) groups excluding carboxylic acids is 1. The van der Waals surface area contributed by atoms with E-state index >= 15 is 0 Å². The number of nitrogens with zero attached hydrogens (tertiary/aromatic N) is 1. The quantitative estimate of drug-likeness (QED) is 0.802. The summed E-state index contributed by atoms with van der Waals surface area (Å²) in [5.41, 5.74) is 1.03. The highest BCUT2D eigenvalue weighted by molar-refractivity contribution is 5.85. The fourth-order valence-electron chi connectivity index (χ4n) is 2.99. The van der Waals surface area contributed by atoms with Crippen molar-refractivity contribution in [1.29, 1.82) is 0 Å². The molecule has 20 heavy (non-hydrogen) atoms. The SMILES string of the molecule is COC(=O)C(c1ccc2ccccc2c1)N1CCCC1. The van der Waals surface area contributed by atoms with Gasteiger partial charge in [-0.2, -0.15) is 0 Å². The van der Waals surface area contributed by atoms with Crippen LogP contribution in [0.25, 0.3) is 10.8 Å². The molecule has 0 spiro atoms. The molecule has 1 aliphatic heterocycles. The molecule has 2 aromatic rings. The monoisotopic (exact) mass is 269 g/mol. The minimum absolute atomic E-state index is 0.165. The van der Waals surface area contributed by atoms with Crippen LogP contribution in [0.4, 0.5) is 0 Å². The lowest BCUT2D eigenvalue weighted by molar-refractivity contribution is -0.146. The van der Waals surface area contributed by atoms with E-state index in [-0.39, 0.29) is 12.0 Å². The molecule has 1 unspecified atom stereocenters. The summed E-state index contributed by atoms with van der Waals surface area (Å²) in [6.45, 7) is 1.93. The summed E-state index contributed by atoms with van der Waals surface area (Å²) in [6, 6.07) is 14.2. The van der Waals surface area contributed by atoms with Gasteiger partial charge in [-0.15, -0.1) is 0 Å². The standard InChI is InChI=1S/C17H19NO2/c1-20-17(19)16(18-10-4-5-11-18)15-9-8-13-6-2-3-7-14(13)12-15/h2-3,6-9,12,16H,4-5,10-11H2,1H3. The van der Waals surface area contributed by atoms with E-state index in [0.29, 0.717) is 0 Å². The number of ether oxygens (including phenoxy) is 1. The van der Waals surface area contributed by atoms with Crippen LogP contribution in [0.1, 0.15) is 24.4 Å². The fraction of sp³-hybridized carbons (Fsp3) is 0.353. The van der Waals surface area contributed by atoms with Gasteiger partial charge in [-0.25, -0.2) is 4.79 Å². The number of hydrogen-bond acceptors (Lipinski definition) is 3. The second kappa shape index (κ2) is 5.63. The number of likely N-dealkylation sites (tertiary alicyclic amines) is 1. The van der Waals surface area contributed by atoms with Crippen LogP contribution >= 0.6 is 0 Å². The molecule has 3 rings (SSSR count). The molecule has 1 heterocycles. The number of carbonyl (C=O) groups is 1. The Labute approximate surface area is 119 Å². The van der Waals surface area contributed by atoms with Gasteiger partial charge in [-0.05, 0) is 48.3 Å². The van der Waals surface area contributed by atoms with Crippen molar-refractivity contribution in [1.82, 2.24) is 4.90 Å². The van der Waals surface area contributed by atoms with Crippen LogP contribution in [0, 0.1) is 0 Å². The Bertz CT molecular complexity index is 617. The van der Waals surface area contributed by atoms with Gasteiger partial charge in [0, 0.05) is 0 Å². The van der Waals surface area contributed by atoms with Crippen molar-refractivity contribution in [3.63, 3.8) is 0 Å². The molecule has 0 amide bonds. The Morgan fingerprint density at radius 3 is 2.50 bits per heavy atom. The lowest BCUT2D eigenvalue weighted by Gasteiger charge is -2.25. The van der Waals surface area contributed by atoms with E-state index in [0.717, 1.165) is 36.9 Å². The maximum Gasteiger partial charge on any atom is 0.327 e. The molecule has 0 N–H and O–H groups in total. The van der Waals surface area contributed by atoms with Gasteiger partial charge in [-0.1, -0.05) is 36.4 Å². The lowest BCUT2D eigenvalue weighted by atomic mass is 10.0. The van der Waals surface area contributed by atoms with Gasteiger partial charge in [0.2, 0.25) is 0 Å². The summed E-state index contributed by atoms with van der Waals surface area (Å²) < 4.78 is 5.01. The molecular weight excluding hydrogens is 250 g/mol. The van der Waals surface area contributed by atoms with Crippen molar-refractivity contribution in [2.24, 2.45) is 0 Å². The third-order valence-electron chi connectivity index (χ3n) is 4.02. The number of esters is 1. The number of hydrogen-bond donors (Lipinski definition) is 0. The predicted octanol–water partition coefficient (Wildman–Crippen LogP) is 3.15. The van der Waals surface area contributed by atoms with Gasteiger partial charge in [0.25, 0.3) is 0 Å². The van der Waals surface area contributed by atoms with Crippen molar-refractivity contribution in [3.05, 3.63) is 48.0 Å². The fourth-order valence-corrected chi connectivity index (χ4v) is 2.99. The molecule has 0 radical (unpaired) electrons. The summed E-state index contributed by atoms with van der Waals surface area (Å²) in [7, 11) is 1.46. The van der Waals surface area contributed by atoms with Gasteiger partial charge < -0.3 is 4.74 Å². The summed E-state index contributed by atoms with van der Waals surface area (Å²) in [5.74, 6) is -0.165. The van der Waals surface area contributed by atoms with E-state index in [1.54, 1.807) is 0 Å². The zero-order chi connectivity index (χ0) is 13.9. The molecule has 0 aliphatic carbocycles. The van der Waals surface area contributed by atoms with Crippen LogP contribution < -0.4 is 0 Å². The number of rotatable bonds is 3. The van der Waals surface area contributed by atoms with Crippen LogP contribution in [0.2, 0.25) is 0 Å². The Hall–Kier alpha value is -1.87. The highest BCUT2D eigenvalue weighted by Crippen LogP contribution is 2.28. The Balaban J connectivity index is 2.01. The summed E-state index contributed by atoms with van der Waals surface area (Å²) >= 11 is 0. The zero-order valence-corrected chi connectivity index (χ0v) is 11.7. The average molecular weight is 269 g/mol. The maximum absolute atomic E-state index is 12.2. The third kappa shape index (κ3) is 2.41. The Kier molecular flexibility index (Phi) is 3.70. The van der Waals surface area contributed by atoms with Crippen LogP contribution in [0.3, 0.4) is 0 Å². The molecule has 3 nitrogen and oxygen atoms in total.